The molecule has 0 aliphatic carbocycles. The van der Waals surface area contributed by atoms with E-state index in [0.29, 0.717) is 6.42 Å². The summed E-state index contributed by atoms with van der Waals surface area (Å²) in [5.74, 6) is 0. The van der Waals surface area contributed by atoms with E-state index in [2.05, 4.69) is 46.9 Å². The van der Waals surface area contributed by atoms with Crippen molar-refractivity contribution in [3.63, 3.8) is 0 Å². The second-order valence-corrected chi connectivity index (χ2v) is 6.38. The molecule has 0 fully saturated rings. The van der Waals surface area contributed by atoms with Crippen LogP contribution in [0.2, 0.25) is 0 Å². The molecule has 2 N–H and O–H groups in total. The fourth-order valence-electron chi connectivity index (χ4n) is 2.43. The molecule has 2 aromatic heterocycles. The summed E-state index contributed by atoms with van der Waals surface area (Å²) in [5, 5.41) is 12.4. The number of aromatic nitrogens is 2. The molecule has 3 rings (SSSR count). The average Bonchev–Trinajstić information content (AvgIpc) is 2.94. The normalized spacial score (nSPS) is 11.2. The molecule has 0 aliphatic rings. The van der Waals surface area contributed by atoms with Gasteiger partial charge in [0.25, 0.3) is 0 Å². The summed E-state index contributed by atoms with van der Waals surface area (Å²) in [5.41, 5.74) is 4.51. The number of nitrogens with one attached hydrogen (secondary N) is 1. The first-order valence-corrected chi connectivity index (χ1v) is 7.86. The molecule has 2 heterocycles. The number of rotatable bonds is 5. The van der Waals surface area contributed by atoms with Crippen LogP contribution in [0.25, 0.3) is 4.96 Å². The van der Waals surface area contributed by atoms with E-state index in [-0.39, 0.29) is 6.61 Å². The highest BCUT2D eigenvalue weighted by Gasteiger charge is 2.10. The second kappa shape index (κ2) is 5.87. The van der Waals surface area contributed by atoms with Crippen molar-refractivity contribution in [2.45, 2.75) is 26.8 Å². The molecule has 0 aliphatic heterocycles. The van der Waals surface area contributed by atoms with Crippen LogP contribution in [0.1, 0.15) is 21.8 Å². The zero-order valence-corrected chi connectivity index (χ0v) is 13.1. The van der Waals surface area contributed by atoms with Crippen molar-refractivity contribution in [3.05, 3.63) is 52.3 Å². The largest absolute Gasteiger partial charge is 0.396 e. The van der Waals surface area contributed by atoms with E-state index < -0.39 is 0 Å². The van der Waals surface area contributed by atoms with Gasteiger partial charge in [-0.05, 0) is 38.0 Å². The van der Waals surface area contributed by atoms with Gasteiger partial charge in [0.2, 0.25) is 0 Å². The molecule has 21 heavy (non-hydrogen) atoms. The van der Waals surface area contributed by atoms with Crippen molar-refractivity contribution in [1.29, 1.82) is 0 Å². The number of aryl methyl sites for hydroxylation is 2. The number of aliphatic hydroxyl groups excluding tert-OH is 1. The lowest BCUT2D eigenvalue weighted by atomic mass is 10.1. The number of fused-ring (bicyclic) bond motifs is 1. The Labute approximate surface area is 128 Å². The molecule has 4 nitrogen and oxygen atoms in total. The molecule has 3 aromatic rings. The Hall–Kier alpha value is -1.85. The predicted octanol–water partition coefficient (Wildman–Crippen LogP) is 3.16. The Bertz CT molecular complexity index is 743. The second-order valence-electron chi connectivity index (χ2n) is 5.16. The van der Waals surface area contributed by atoms with Gasteiger partial charge in [-0.25, -0.2) is 4.98 Å². The molecule has 1 aromatic carbocycles. The van der Waals surface area contributed by atoms with Crippen LogP contribution in [0.5, 0.6) is 0 Å². The summed E-state index contributed by atoms with van der Waals surface area (Å²) >= 11 is 1.72. The minimum absolute atomic E-state index is 0.192. The highest BCUT2D eigenvalue weighted by Crippen LogP contribution is 2.21. The maximum absolute atomic E-state index is 8.93. The average molecular weight is 301 g/mol. The smallest absolute Gasteiger partial charge is 0.194 e. The van der Waals surface area contributed by atoms with Crippen LogP contribution in [-0.4, -0.2) is 21.1 Å². The fraction of sp³-hybridized carbons (Fsp3) is 0.312. The lowest BCUT2D eigenvalue weighted by molar-refractivity contribution is 0.299. The maximum atomic E-state index is 8.93. The molecule has 0 saturated carbocycles. The minimum Gasteiger partial charge on any atom is -0.396 e. The first-order valence-electron chi connectivity index (χ1n) is 7.05. The van der Waals surface area contributed by atoms with Gasteiger partial charge in [-0.1, -0.05) is 12.1 Å². The van der Waals surface area contributed by atoms with E-state index in [0.717, 1.165) is 28.5 Å². The molecule has 0 amide bonds. The molecule has 5 heteroatoms. The predicted molar refractivity (Wildman–Crippen MR) is 87.1 cm³/mol. The van der Waals surface area contributed by atoms with Gasteiger partial charge >= 0.3 is 0 Å². The number of anilines is 1. The van der Waals surface area contributed by atoms with Crippen molar-refractivity contribution in [2.75, 3.05) is 11.9 Å². The van der Waals surface area contributed by atoms with E-state index in [1.165, 1.54) is 10.6 Å². The summed E-state index contributed by atoms with van der Waals surface area (Å²) < 4.78 is 2.17. The minimum atomic E-state index is 0.192. The summed E-state index contributed by atoms with van der Waals surface area (Å²) in [6.07, 6.45) is 2.85. The number of nitrogens with zero attached hydrogens (tertiary/aromatic N) is 2. The van der Waals surface area contributed by atoms with Crippen molar-refractivity contribution in [2.24, 2.45) is 0 Å². The maximum Gasteiger partial charge on any atom is 0.194 e. The van der Waals surface area contributed by atoms with Gasteiger partial charge in [0.05, 0.1) is 17.9 Å². The molecule has 0 atom stereocenters. The SMILES string of the molecule is Cc1cn2c(CNc3ccc(CCO)cc3)c(C)nc2s1. The zero-order valence-electron chi connectivity index (χ0n) is 12.3. The third-order valence-corrected chi connectivity index (χ3v) is 4.45. The third kappa shape index (κ3) is 2.94. The van der Waals surface area contributed by atoms with Gasteiger partial charge in [0, 0.05) is 23.4 Å². The van der Waals surface area contributed by atoms with E-state index in [1.54, 1.807) is 11.3 Å². The van der Waals surface area contributed by atoms with Crippen LogP contribution in [0.4, 0.5) is 5.69 Å². The number of aliphatic hydroxyl groups is 1. The lowest BCUT2D eigenvalue weighted by Gasteiger charge is -2.07. The van der Waals surface area contributed by atoms with E-state index >= 15 is 0 Å². The van der Waals surface area contributed by atoms with Crippen LogP contribution in [0.15, 0.2) is 30.5 Å². The molecule has 0 spiro atoms. The van der Waals surface area contributed by atoms with Gasteiger partial charge < -0.3 is 10.4 Å². The van der Waals surface area contributed by atoms with E-state index in [9.17, 15) is 0 Å². The van der Waals surface area contributed by atoms with Gasteiger partial charge in [-0.3, -0.25) is 4.40 Å². The van der Waals surface area contributed by atoms with Crippen LogP contribution in [0.3, 0.4) is 0 Å². The van der Waals surface area contributed by atoms with E-state index in [1.807, 2.05) is 12.1 Å². The quantitative estimate of drug-likeness (QED) is 0.761. The summed E-state index contributed by atoms with van der Waals surface area (Å²) in [6.45, 7) is 5.10. The number of hydrogen-bond donors (Lipinski definition) is 2. The molecular weight excluding hydrogens is 282 g/mol. The van der Waals surface area contributed by atoms with Gasteiger partial charge in [-0.15, -0.1) is 11.3 Å². The topological polar surface area (TPSA) is 49.6 Å². The third-order valence-electron chi connectivity index (χ3n) is 3.56. The van der Waals surface area contributed by atoms with Gasteiger partial charge in [0.1, 0.15) is 0 Å². The summed E-state index contributed by atoms with van der Waals surface area (Å²) in [7, 11) is 0. The Balaban J connectivity index is 1.75. The Morgan fingerprint density at radius 3 is 2.71 bits per heavy atom. The molecular formula is C16H19N3OS. The summed E-state index contributed by atoms with van der Waals surface area (Å²) in [6, 6.07) is 8.20. The van der Waals surface area contributed by atoms with Crippen LogP contribution < -0.4 is 5.32 Å². The molecule has 0 unspecified atom stereocenters. The number of imidazole rings is 1. The standard InChI is InChI=1S/C16H19N3OS/c1-11-10-19-15(12(2)18-16(19)21-11)9-17-14-5-3-13(4-6-14)7-8-20/h3-6,10,17,20H,7-9H2,1-2H3. The van der Waals surface area contributed by atoms with Gasteiger partial charge in [0.15, 0.2) is 4.96 Å². The number of thiazole rings is 1. The van der Waals surface area contributed by atoms with Crippen LogP contribution in [-0.2, 0) is 13.0 Å². The Morgan fingerprint density at radius 2 is 2.00 bits per heavy atom. The number of benzene rings is 1. The van der Waals surface area contributed by atoms with Crippen molar-refractivity contribution >= 4 is 22.0 Å². The van der Waals surface area contributed by atoms with Crippen molar-refractivity contribution in [3.8, 4) is 0 Å². The first kappa shape index (κ1) is 14.1. The highest BCUT2D eigenvalue weighted by molar-refractivity contribution is 7.17. The van der Waals surface area contributed by atoms with Crippen molar-refractivity contribution in [1.82, 2.24) is 9.38 Å². The molecule has 0 bridgehead atoms. The fourth-order valence-corrected chi connectivity index (χ4v) is 3.32. The Morgan fingerprint density at radius 1 is 1.24 bits per heavy atom. The lowest BCUT2D eigenvalue weighted by Crippen LogP contribution is -2.03. The Kier molecular flexibility index (Phi) is 3.94. The highest BCUT2D eigenvalue weighted by atomic mass is 32.1. The summed E-state index contributed by atoms with van der Waals surface area (Å²) in [4.78, 5) is 6.92. The van der Waals surface area contributed by atoms with Crippen LogP contribution >= 0.6 is 11.3 Å². The van der Waals surface area contributed by atoms with Gasteiger partial charge in [-0.2, -0.15) is 0 Å². The van der Waals surface area contributed by atoms with E-state index in [4.69, 9.17) is 5.11 Å². The molecule has 110 valence electrons. The zero-order chi connectivity index (χ0) is 14.8. The van der Waals surface area contributed by atoms with Crippen LogP contribution in [0, 0.1) is 13.8 Å². The monoisotopic (exact) mass is 301 g/mol. The molecule has 0 saturated heterocycles. The van der Waals surface area contributed by atoms with Crippen molar-refractivity contribution < 1.29 is 5.11 Å². The first-order chi connectivity index (χ1) is 10.2. The number of hydrogen-bond acceptors (Lipinski definition) is 4. The molecule has 0 radical (unpaired) electrons.